The Hall–Kier alpha value is -0.570. The van der Waals surface area contributed by atoms with Crippen molar-refractivity contribution < 1.29 is 9.90 Å². The fourth-order valence-electron chi connectivity index (χ4n) is 1.63. The summed E-state index contributed by atoms with van der Waals surface area (Å²) in [4.78, 5) is 13.1. The summed E-state index contributed by atoms with van der Waals surface area (Å²) in [5.41, 5.74) is 0. The highest BCUT2D eigenvalue weighted by Gasteiger charge is 2.35. The molecule has 1 N–H and O–H groups in total. The van der Waals surface area contributed by atoms with E-state index in [1.807, 2.05) is 13.8 Å². The van der Waals surface area contributed by atoms with E-state index in [1.54, 1.807) is 11.9 Å². The maximum Gasteiger partial charge on any atom is 0.228 e. The van der Waals surface area contributed by atoms with E-state index < -0.39 is 6.10 Å². The van der Waals surface area contributed by atoms with E-state index >= 15 is 0 Å². The lowest BCUT2D eigenvalue weighted by Gasteiger charge is -2.19. The maximum absolute atomic E-state index is 11.4. The number of likely N-dealkylation sites (tertiary alicyclic amines) is 1. The number of aliphatic hydroxyl groups is 1. The van der Waals surface area contributed by atoms with E-state index in [2.05, 4.69) is 0 Å². The van der Waals surface area contributed by atoms with Gasteiger partial charge in [-0.3, -0.25) is 4.79 Å². The summed E-state index contributed by atoms with van der Waals surface area (Å²) in [5.74, 6) is 0.108. The van der Waals surface area contributed by atoms with Crippen LogP contribution >= 0.6 is 0 Å². The number of amides is 1. The van der Waals surface area contributed by atoms with Crippen LogP contribution in [-0.4, -0.2) is 35.6 Å². The molecular formula is C9H17NO2. The summed E-state index contributed by atoms with van der Waals surface area (Å²) in [7, 11) is 1.79. The van der Waals surface area contributed by atoms with E-state index in [0.29, 0.717) is 0 Å². The normalized spacial score (nSPS) is 26.9. The van der Waals surface area contributed by atoms with Gasteiger partial charge in [0.1, 0.15) is 0 Å². The summed E-state index contributed by atoms with van der Waals surface area (Å²) in [6.45, 7) is 4.67. The van der Waals surface area contributed by atoms with Gasteiger partial charge in [-0.05, 0) is 12.3 Å². The predicted octanol–water partition coefficient (Wildman–Crippen LogP) is 0.482. The molecule has 12 heavy (non-hydrogen) atoms. The van der Waals surface area contributed by atoms with Gasteiger partial charge >= 0.3 is 0 Å². The van der Waals surface area contributed by atoms with E-state index in [-0.39, 0.29) is 17.7 Å². The molecule has 3 heteroatoms. The Morgan fingerprint density at radius 2 is 2.17 bits per heavy atom. The van der Waals surface area contributed by atoms with E-state index in [0.717, 1.165) is 13.0 Å². The van der Waals surface area contributed by atoms with E-state index in [9.17, 15) is 9.90 Å². The lowest BCUT2D eigenvalue weighted by atomic mass is 9.92. The van der Waals surface area contributed by atoms with Gasteiger partial charge < -0.3 is 10.0 Å². The smallest absolute Gasteiger partial charge is 0.228 e. The molecule has 0 aromatic heterocycles. The van der Waals surface area contributed by atoms with Crippen molar-refractivity contribution in [2.45, 2.75) is 26.4 Å². The zero-order chi connectivity index (χ0) is 9.30. The highest BCUT2D eigenvalue weighted by molar-refractivity contribution is 5.81. The van der Waals surface area contributed by atoms with Crippen LogP contribution in [-0.2, 0) is 4.79 Å². The van der Waals surface area contributed by atoms with Crippen molar-refractivity contribution in [3.8, 4) is 0 Å². The van der Waals surface area contributed by atoms with E-state index in [1.165, 1.54) is 0 Å². The fourth-order valence-corrected chi connectivity index (χ4v) is 1.63. The van der Waals surface area contributed by atoms with Crippen LogP contribution in [0.5, 0.6) is 0 Å². The molecule has 0 saturated carbocycles. The molecule has 2 unspecified atom stereocenters. The maximum atomic E-state index is 11.4. The Morgan fingerprint density at radius 1 is 1.58 bits per heavy atom. The molecular weight excluding hydrogens is 154 g/mol. The lowest BCUT2D eigenvalue weighted by molar-refractivity contribution is -0.133. The first kappa shape index (κ1) is 9.52. The molecule has 3 nitrogen and oxygen atoms in total. The van der Waals surface area contributed by atoms with Gasteiger partial charge in [0.05, 0.1) is 12.0 Å². The van der Waals surface area contributed by atoms with Crippen LogP contribution in [0.25, 0.3) is 0 Å². The number of carbonyl (C=O) groups excluding carboxylic acids is 1. The zero-order valence-electron chi connectivity index (χ0n) is 7.95. The van der Waals surface area contributed by atoms with Crippen molar-refractivity contribution in [3.63, 3.8) is 0 Å². The molecule has 70 valence electrons. The quantitative estimate of drug-likeness (QED) is 0.656. The number of hydrogen-bond acceptors (Lipinski definition) is 2. The first-order chi connectivity index (χ1) is 5.54. The van der Waals surface area contributed by atoms with Gasteiger partial charge in [-0.15, -0.1) is 0 Å². The molecule has 1 aliphatic rings. The Labute approximate surface area is 73.4 Å². The van der Waals surface area contributed by atoms with Gasteiger partial charge in [0.25, 0.3) is 0 Å². The summed E-state index contributed by atoms with van der Waals surface area (Å²) in [5, 5.41) is 9.67. The van der Waals surface area contributed by atoms with Gasteiger partial charge in [0.15, 0.2) is 0 Å². The SMILES string of the molecule is CC(C)C(O)C1CCN(C)C1=O. The number of hydrogen-bond donors (Lipinski definition) is 1. The van der Waals surface area contributed by atoms with Gasteiger partial charge in [0.2, 0.25) is 5.91 Å². The Kier molecular flexibility index (Phi) is 2.73. The van der Waals surface area contributed by atoms with Gasteiger partial charge in [-0.1, -0.05) is 13.8 Å². The van der Waals surface area contributed by atoms with Crippen molar-refractivity contribution >= 4 is 5.91 Å². The zero-order valence-corrected chi connectivity index (χ0v) is 7.95. The highest BCUT2D eigenvalue weighted by Crippen LogP contribution is 2.23. The molecule has 0 spiro atoms. The Balaban J connectivity index is 2.59. The Bertz CT molecular complexity index is 179. The predicted molar refractivity (Wildman–Crippen MR) is 46.6 cm³/mol. The second kappa shape index (κ2) is 3.44. The van der Waals surface area contributed by atoms with Crippen LogP contribution in [0.3, 0.4) is 0 Å². The molecule has 1 heterocycles. The monoisotopic (exact) mass is 171 g/mol. The minimum atomic E-state index is -0.470. The molecule has 0 aromatic carbocycles. The summed E-state index contributed by atoms with van der Waals surface area (Å²) in [6.07, 6.45) is 0.330. The fraction of sp³-hybridized carbons (Fsp3) is 0.889. The molecule has 0 bridgehead atoms. The van der Waals surface area contributed by atoms with Crippen molar-refractivity contribution in [1.82, 2.24) is 4.90 Å². The average Bonchev–Trinajstić information content (AvgIpc) is 2.32. The summed E-state index contributed by atoms with van der Waals surface area (Å²) in [6, 6.07) is 0. The summed E-state index contributed by atoms with van der Waals surface area (Å²) >= 11 is 0. The van der Waals surface area contributed by atoms with Crippen molar-refractivity contribution in [2.75, 3.05) is 13.6 Å². The van der Waals surface area contributed by atoms with Crippen molar-refractivity contribution in [2.24, 2.45) is 11.8 Å². The van der Waals surface area contributed by atoms with Gasteiger partial charge in [-0.25, -0.2) is 0 Å². The molecule has 1 rings (SSSR count). The second-order valence-corrected chi connectivity index (χ2v) is 3.89. The van der Waals surface area contributed by atoms with Crippen molar-refractivity contribution in [3.05, 3.63) is 0 Å². The number of nitrogens with zero attached hydrogens (tertiary/aromatic N) is 1. The summed E-state index contributed by atoms with van der Waals surface area (Å²) < 4.78 is 0. The largest absolute Gasteiger partial charge is 0.392 e. The van der Waals surface area contributed by atoms with Crippen LogP contribution < -0.4 is 0 Å². The van der Waals surface area contributed by atoms with Crippen LogP contribution in [0.2, 0.25) is 0 Å². The topological polar surface area (TPSA) is 40.5 Å². The van der Waals surface area contributed by atoms with E-state index in [4.69, 9.17) is 0 Å². The van der Waals surface area contributed by atoms with Crippen LogP contribution in [0.1, 0.15) is 20.3 Å². The molecule has 0 aliphatic carbocycles. The molecule has 1 saturated heterocycles. The second-order valence-electron chi connectivity index (χ2n) is 3.89. The molecule has 0 aromatic rings. The first-order valence-corrected chi connectivity index (χ1v) is 4.47. The van der Waals surface area contributed by atoms with Crippen LogP contribution in [0.4, 0.5) is 0 Å². The van der Waals surface area contributed by atoms with Gasteiger partial charge in [-0.2, -0.15) is 0 Å². The highest BCUT2D eigenvalue weighted by atomic mass is 16.3. The number of carbonyl (C=O) groups is 1. The standard InChI is InChI=1S/C9H17NO2/c1-6(2)8(11)7-4-5-10(3)9(7)12/h6-8,11H,4-5H2,1-3H3. The van der Waals surface area contributed by atoms with Crippen LogP contribution in [0, 0.1) is 11.8 Å². The third kappa shape index (κ3) is 1.61. The number of rotatable bonds is 2. The molecule has 1 aliphatic heterocycles. The minimum absolute atomic E-state index is 0.0937. The molecule has 1 fully saturated rings. The van der Waals surface area contributed by atoms with Crippen molar-refractivity contribution in [1.29, 1.82) is 0 Å². The molecule has 1 amide bonds. The Morgan fingerprint density at radius 3 is 2.50 bits per heavy atom. The third-order valence-corrected chi connectivity index (χ3v) is 2.56. The first-order valence-electron chi connectivity index (χ1n) is 4.47. The number of aliphatic hydroxyl groups excluding tert-OH is 1. The van der Waals surface area contributed by atoms with Crippen LogP contribution in [0.15, 0.2) is 0 Å². The minimum Gasteiger partial charge on any atom is -0.392 e. The molecule has 0 radical (unpaired) electrons. The average molecular weight is 171 g/mol. The molecule has 2 atom stereocenters. The lowest BCUT2D eigenvalue weighted by Crippen LogP contribution is -2.32. The third-order valence-electron chi connectivity index (χ3n) is 2.56. The van der Waals surface area contributed by atoms with Gasteiger partial charge in [0, 0.05) is 13.6 Å².